The number of benzene rings is 2. The quantitative estimate of drug-likeness (QED) is 0.297. The first-order valence-corrected chi connectivity index (χ1v) is 12.9. The Bertz CT molecular complexity index is 992. The summed E-state index contributed by atoms with van der Waals surface area (Å²) in [6, 6.07) is 14.5. The number of piperidine rings is 1. The molecule has 6 nitrogen and oxygen atoms in total. The van der Waals surface area contributed by atoms with Crippen molar-refractivity contribution in [2.45, 2.75) is 42.4 Å². The number of carboxylic acids is 1. The number of fused-ring (bicyclic) bond motifs is 1. The average Bonchev–Trinajstić information content (AvgIpc) is 3.27. The zero-order valence-corrected chi connectivity index (χ0v) is 20.9. The highest BCUT2D eigenvalue weighted by Gasteiger charge is 2.55. The molecule has 2 aromatic carbocycles. The number of aliphatic carboxylic acids is 1. The maximum Gasteiger partial charge on any atom is 0.446 e. The number of ether oxygens (including phenoxy) is 2. The highest BCUT2D eigenvalue weighted by atomic mass is 32.2. The van der Waals surface area contributed by atoms with E-state index < -0.39 is 17.6 Å². The van der Waals surface area contributed by atoms with Crippen LogP contribution >= 0.6 is 11.8 Å². The molecule has 36 heavy (non-hydrogen) atoms. The van der Waals surface area contributed by atoms with Crippen molar-refractivity contribution in [1.29, 1.82) is 0 Å². The van der Waals surface area contributed by atoms with Gasteiger partial charge in [-0.05, 0) is 65.9 Å². The molecule has 2 aromatic rings. The van der Waals surface area contributed by atoms with Crippen LogP contribution in [0.25, 0.3) is 0 Å². The molecule has 10 heteroatoms. The Labute approximate surface area is 213 Å². The molecule has 0 spiro atoms. The average molecular weight is 525 g/mol. The van der Waals surface area contributed by atoms with Crippen LogP contribution in [-0.4, -0.2) is 66.5 Å². The Morgan fingerprint density at radius 3 is 2.33 bits per heavy atom. The van der Waals surface area contributed by atoms with Gasteiger partial charge in [-0.25, -0.2) is 4.79 Å². The molecule has 1 saturated carbocycles. The molecule has 2 fully saturated rings. The predicted molar refractivity (Wildman–Crippen MR) is 131 cm³/mol. The van der Waals surface area contributed by atoms with Gasteiger partial charge in [0.15, 0.2) is 6.10 Å². The highest BCUT2D eigenvalue weighted by Crippen LogP contribution is 2.45. The van der Waals surface area contributed by atoms with Gasteiger partial charge in [0, 0.05) is 50.1 Å². The minimum absolute atomic E-state index is 0.0834. The number of hydrogen-bond donors (Lipinski definition) is 2. The van der Waals surface area contributed by atoms with Crippen LogP contribution in [0.3, 0.4) is 0 Å². The van der Waals surface area contributed by atoms with Crippen LogP contribution in [0.1, 0.15) is 18.1 Å². The fourth-order valence-electron chi connectivity index (χ4n) is 4.85. The van der Waals surface area contributed by atoms with Crippen LogP contribution in [0.5, 0.6) is 5.75 Å². The summed E-state index contributed by atoms with van der Waals surface area (Å²) in [5.41, 5.74) is -2.34. The second kappa shape index (κ2) is 11.9. The Balaban J connectivity index is 1.11. The van der Waals surface area contributed by atoms with Gasteiger partial charge in [0.2, 0.25) is 0 Å². The summed E-state index contributed by atoms with van der Waals surface area (Å²) in [5, 5.41) is 12.8. The van der Waals surface area contributed by atoms with Gasteiger partial charge in [0.05, 0.1) is 0 Å². The third-order valence-corrected chi connectivity index (χ3v) is 7.31. The third-order valence-electron chi connectivity index (χ3n) is 6.57. The molecular formula is C26H31F3N2O4S. The van der Waals surface area contributed by atoms with Crippen molar-refractivity contribution in [3.8, 4) is 5.75 Å². The van der Waals surface area contributed by atoms with Crippen molar-refractivity contribution >= 4 is 17.7 Å². The zero-order valence-electron chi connectivity index (χ0n) is 20.0. The maximum absolute atomic E-state index is 12.5. The molecule has 1 saturated heterocycles. The van der Waals surface area contributed by atoms with Crippen LogP contribution in [-0.2, 0) is 22.5 Å². The van der Waals surface area contributed by atoms with E-state index in [2.05, 4.69) is 10.2 Å². The van der Waals surface area contributed by atoms with Crippen molar-refractivity contribution in [2.75, 3.05) is 32.8 Å². The van der Waals surface area contributed by atoms with E-state index in [1.54, 1.807) is 19.1 Å². The number of carbonyl (C=O) groups is 1. The molecule has 4 atom stereocenters. The Morgan fingerprint density at radius 1 is 1.11 bits per heavy atom. The van der Waals surface area contributed by atoms with Gasteiger partial charge in [0.25, 0.3) is 0 Å². The molecule has 0 radical (unpaired) electrons. The highest BCUT2D eigenvalue weighted by molar-refractivity contribution is 8.00. The summed E-state index contributed by atoms with van der Waals surface area (Å²) in [7, 11) is 0. The number of alkyl halides is 3. The molecule has 1 aliphatic carbocycles. The summed E-state index contributed by atoms with van der Waals surface area (Å²) in [6.07, 6.45) is -0.530. The number of carboxylic acid groups (broad SMARTS) is 1. The van der Waals surface area contributed by atoms with E-state index in [1.165, 1.54) is 12.1 Å². The lowest BCUT2D eigenvalue weighted by Gasteiger charge is -2.20. The Hall–Kier alpha value is -2.27. The molecule has 2 N–H and O–H groups in total. The molecule has 196 valence electrons. The van der Waals surface area contributed by atoms with Gasteiger partial charge in [-0.15, -0.1) is 0 Å². The lowest BCUT2D eigenvalue weighted by Crippen LogP contribution is -2.33. The van der Waals surface area contributed by atoms with Crippen LogP contribution < -0.4 is 10.1 Å². The second-order valence-corrected chi connectivity index (χ2v) is 10.3. The molecule has 1 heterocycles. The first-order valence-electron chi connectivity index (χ1n) is 12.1. The van der Waals surface area contributed by atoms with Crippen molar-refractivity contribution in [3.63, 3.8) is 0 Å². The summed E-state index contributed by atoms with van der Waals surface area (Å²) in [4.78, 5) is 13.8. The van der Waals surface area contributed by atoms with Crippen LogP contribution in [0, 0.1) is 11.8 Å². The smallest absolute Gasteiger partial charge is 0.446 e. The van der Waals surface area contributed by atoms with Gasteiger partial charge < -0.3 is 19.9 Å². The number of nitrogens with one attached hydrogen (secondary N) is 1. The Morgan fingerprint density at radius 2 is 1.75 bits per heavy atom. The normalized spacial score (nSPS) is 22.3. The summed E-state index contributed by atoms with van der Waals surface area (Å²) >= 11 is -0.0834. The largest absolute Gasteiger partial charge is 0.492 e. The van der Waals surface area contributed by atoms with E-state index in [9.17, 15) is 23.1 Å². The maximum atomic E-state index is 12.5. The first kappa shape index (κ1) is 26.8. The SMILES string of the molecule is CCO[C@@H](Cc1ccc(OCCNC2C3CN(Cc4ccc(SC(F)(F)F)cc4)C[C@@H]32)cc1)C(=O)O. The number of thioether (sulfide) groups is 1. The zero-order chi connectivity index (χ0) is 25.7. The van der Waals surface area contributed by atoms with E-state index in [4.69, 9.17) is 9.47 Å². The van der Waals surface area contributed by atoms with Crippen molar-refractivity contribution < 1.29 is 32.5 Å². The predicted octanol–water partition coefficient (Wildman–Crippen LogP) is 4.43. The van der Waals surface area contributed by atoms with Gasteiger partial charge in [-0.2, -0.15) is 13.2 Å². The number of likely N-dealkylation sites (tertiary alicyclic amines) is 1. The fourth-order valence-corrected chi connectivity index (χ4v) is 5.39. The number of nitrogens with zero attached hydrogens (tertiary/aromatic N) is 1. The van der Waals surface area contributed by atoms with Crippen LogP contribution in [0.4, 0.5) is 13.2 Å². The van der Waals surface area contributed by atoms with Crippen LogP contribution in [0.2, 0.25) is 0 Å². The monoisotopic (exact) mass is 524 g/mol. The van der Waals surface area contributed by atoms with Gasteiger partial charge >= 0.3 is 11.5 Å². The van der Waals surface area contributed by atoms with Gasteiger partial charge in [-0.3, -0.25) is 4.90 Å². The summed E-state index contributed by atoms with van der Waals surface area (Å²) < 4.78 is 48.5. The Kier molecular flexibility index (Phi) is 8.82. The molecule has 1 aliphatic heterocycles. The number of hydrogen-bond acceptors (Lipinski definition) is 6. The van der Waals surface area contributed by atoms with E-state index in [0.29, 0.717) is 37.5 Å². The molecule has 0 bridgehead atoms. The number of halogens is 3. The van der Waals surface area contributed by atoms with Crippen molar-refractivity contribution in [3.05, 3.63) is 59.7 Å². The fraction of sp³-hybridized carbons (Fsp3) is 0.500. The van der Waals surface area contributed by atoms with Crippen LogP contribution in [0.15, 0.2) is 53.4 Å². The lowest BCUT2D eigenvalue weighted by molar-refractivity contribution is -0.149. The molecule has 2 unspecified atom stereocenters. The van der Waals surface area contributed by atoms with E-state index in [0.717, 1.165) is 43.1 Å². The van der Waals surface area contributed by atoms with Crippen molar-refractivity contribution in [2.24, 2.45) is 11.8 Å². The van der Waals surface area contributed by atoms with E-state index in [1.807, 2.05) is 24.3 Å². The lowest BCUT2D eigenvalue weighted by atomic mass is 10.1. The standard InChI is InChI=1S/C26H31F3N2O4S/c1-2-34-23(25(32)33)13-17-3-7-19(8-4-17)35-12-11-30-24-21-15-31(16-22(21)24)14-18-5-9-20(10-6-18)36-26(27,28)29/h3-10,21-24,30H,2,11-16H2,1H3,(H,32,33)/t21-,22?,23-,24?/m0/s1. The molecule has 4 rings (SSSR count). The van der Waals surface area contributed by atoms with Gasteiger partial charge in [-0.1, -0.05) is 24.3 Å². The summed E-state index contributed by atoms with van der Waals surface area (Å²) in [5.74, 6) is 0.994. The summed E-state index contributed by atoms with van der Waals surface area (Å²) in [6.45, 7) is 6.14. The minimum Gasteiger partial charge on any atom is -0.492 e. The topological polar surface area (TPSA) is 71.0 Å². The molecule has 0 amide bonds. The van der Waals surface area contributed by atoms with E-state index in [-0.39, 0.29) is 16.7 Å². The third kappa shape index (κ3) is 7.61. The molecule has 0 aromatic heterocycles. The first-order chi connectivity index (χ1) is 17.2. The van der Waals surface area contributed by atoms with E-state index >= 15 is 0 Å². The second-order valence-electron chi connectivity index (χ2n) is 9.17. The van der Waals surface area contributed by atoms with Gasteiger partial charge in [0.1, 0.15) is 12.4 Å². The molecular weight excluding hydrogens is 493 g/mol. The van der Waals surface area contributed by atoms with Crippen molar-refractivity contribution in [1.82, 2.24) is 10.2 Å². The number of rotatable bonds is 13. The minimum atomic E-state index is -4.26. The molecule has 2 aliphatic rings.